The van der Waals surface area contributed by atoms with Crippen molar-refractivity contribution in [1.82, 2.24) is 0 Å². The Morgan fingerprint density at radius 2 is 1.04 bits per heavy atom. The highest BCUT2D eigenvalue weighted by Crippen LogP contribution is 2.48. The summed E-state index contributed by atoms with van der Waals surface area (Å²) in [6, 6.07) is 0. The van der Waals surface area contributed by atoms with Crippen molar-refractivity contribution < 1.29 is 14.2 Å². The average molecular weight is 407 g/mol. The van der Waals surface area contributed by atoms with Gasteiger partial charge in [0.15, 0.2) is 0 Å². The number of hydrogen-bond donors (Lipinski definition) is 4. The molecule has 0 rings (SSSR count). The lowest BCUT2D eigenvalue weighted by molar-refractivity contribution is -0.431. The highest BCUT2D eigenvalue weighted by atomic mass is 16.9. The predicted octanol–water partition coefficient (Wildman–Crippen LogP) is 3.39. The number of hydrogen-bond acceptors (Lipinski definition) is 7. The van der Waals surface area contributed by atoms with Gasteiger partial charge in [0.25, 0.3) is 5.97 Å². The van der Waals surface area contributed by atoms with Crippen LogP contribution in [-0.4, -0.2) is 38.9 Å². The van der Waals surface area contributed by atoms with E-state index in [1.807, 2.05) is 20.8 Å². The van der Waals surface area contributed by atoms with E-state index in [-0.39, 0.29) is 5.41 Å². The Labute approximate surface area is 174 Å². The predicted molar refractivity (Wildman–Crippen MR) is 118 cm³/mol. The first-order valence-electron chi connectivity index (χ1n) is 11.3. The molecule has 28 heavy (non-hydrogen) atoms. The Bertz CT molecular complexity index is 305. The van der Waals surface area contributed by atoms with Gasteiger partial charge >= 0.3 is 0 Å². The molecule has 8 N–H and O–H groups in total. The normalized spacial score (nSPS) is 13.7. The maximum atomic E-state index is 6.18. The molecule has 7 nitrogen and oxygen atoms in total. The van der Waals surface area contributed by atoms with E-state index in [0.29, 0.717) is 32.9 Å². The summed E-state index contributed by atoms with van der Waals surface area (Å²) < 4.78 is 18.5. The molecule has 0 radical (unpaired) electrons. The molecule has 0 aromatic carbocycles. The maximum Gasteiger partial charge on any atom is 0.288 e. The smallest absolute Gasteiger partial charge is 0.288 e. The average Bonchev–Trinajstić information content (AvgIpc) is 2.70. The SMILES string of the molecule is CCCCCCCCC(CCN)(CCCN)C(OCC)(OCC)OCC.NN. The molecule has 172 valence electrons. The number of nitrogens with two attached hydrogens (primary N) is 4. The highest BCUT2D eigenvalue weighted by Gasteiger charge is 2.53. The molecule has 0 aliphatic carbocycles. The molecule has 1 atom stereocenters. The Morgan fingerprint density at radius 1 is 0.571 bits per heavy atom. The molecular formula is C21H50N4O3. The van der Waals surface area contributed by atoms with Crippen molar-refractivity contribution in [1.29, 1.82) is 0 Å². The van der Waals surface area contributed by atoms with E-state index >= 15 is 0 Å². The molecule has 0 aromatic heterocycles. The summed E-state index contributed by atoms with van der Waals surface area (Å²) in [5, 5.41) is 0. The Kier molecular flexibility index (Phi) is 21.4. The van der Waals surface area contributed by atoms with Gasteiger partial charge in [-0.25, -0.2) is 0 Å². The van der Waals surface area contributed by atoms with Gasteiger partial charge in [-0.05, 0) is 59.5 Å². The first-order chi connectivity index (χ1) is 13.6. The van der Waals surface area contributed by atoms with Crippen molar-refractivity contribution in [2.75, 3.05) is 32.9 Å². The molecule has 0 aliphatic heterocycles. The van der Waals surface area contributed by atoms with E-state index < -0.39 is 5.97 Å². The summed E-state index contributed by atoms with van der Waals surface area (Å²) in [4.78, 5) is 0. The van der Waals surface area contributed by atoms with E-state index in [9.17, 15) is 0 Å². The number of unbranched alkanes of at least 4 members (excludes halogenated alkanes) is 5. The molecule has 7 heteroatoms. The standard InChI is InChI=1S/C21H46N2O3.H4N2/c1-5-9-10-11-12-13-15-20(17-19-23,16-14-18-22)21(24-6-2,25-7-3)26-8-4;1-2/h5-19,22-23H2,1-4H3;1-2H2. The Balaban J connectivity index is 0. The topological polar surface area (TPSA) is 132 Å². The van der Waals surface area contributed by atoms with Crippen molar-refractivity contribution in [3.8, 4) is 0 Å². The summed E-state index contributed by atoms with van der Waals surface area (Å²) >= 11 is 0. The van der Waals surface area contributed by atoms with Gasteiger partial charge in [0.2, 0.25) is 0 Å². The fourth-order valence-corrected chi connectivity index (χ4v) is 3.95. The zero-order chi connectivity index (χ0) is 21.7. The third kappa shape index (κ3) is 10.5. The molecule has 0 fully saturated rings. The van der Waals surface area contributed by atoms with Crippen LogP contribution < -0.4 is 23.2 Å². The van der Waals surface area contributed by atoms with Gasteiger partial charge in [0, 0.05) is 19.8 Å². The summed E-state index contributed by atoms with van der Waals surface area (Å²) in [5.41, 5.74) is 11.6. The molecule has 0 heterocycles. The Hall–Kier alpha value is -0.280. The van der Waals surface area contributed by atoms with E-state index in [2.05, 4.69) is 18.6 Å². The van der Waals surface area contributed by atoms with Crippen molar-refractivity contribution >= 4 is 0 Å². The lowest BCUT2D eigenvalue weighted by atomic mass is 9.72. The van der Waals surface area contributed by atoms with E-state index in [0.717, 1.165) is 32.1 Å². The monoisotopic (exact) mass is 406 g/mol. The van der Waals surface area contributed by atoms with E-state index in [4.69, 9.17) is 25.7 Å². The van der Waals surface area contributed by atoms with Crippen LogP contribution in [-0.2, 0) is 14.2 Å². The van der Waals surface area contributed by atoms with Gasteiger partial charge in [-0.3, -0.25) is 11.7 Å². The minimum atomic E-state index is -1.02. The molecule has 0 aromatic rings. The molecule has 1 unspecified atom stereocenters. The van der Waals surface area contributed by atoms with Crippen LogP contribution in [0.2, 0.25) is 0 Å². The van der Waals surface area contributed by atoms with Crippen LogP contribution in [0.4, 0.5) is 0 Å². The molecular weight excluding hydrogens is 356 g/mol. The third-order valence-electron chi connectivity index (χ3n) is 5.14. The van der Waals surface area contributed by atoms with Crippen LogP contribution >= 0.6 is 0 Å². The molecule has 0 aliphatic rings. The first-order valence-corrected chi connectivity index (χ1v) is 11.3. The first kappa shape index (κ1) is 29.9. The van der Waals surface area contributed by atoms with Gasteiger partial charge in [0.05, 0.1) is 5.41 Å². The van der Waals surface area contributed by atoms with Crippen LogP contribution in [0.1, 0.15) is 91.9 Å². The van der Waals surface area contributed by atoms with Crippen LogP contribution in [0.25, 0.3) is 0 Å². The van der Waals surface area contributed by atoms with Gasteiger partial charge in [-0.2, -0.15) is 0 Å². The zero-order valence-electron chi connectivity index (χ0n) is 19.1. The minimum Gasteiger partial charge on any atom is -0.330 e. The second kappa shape index (κ2) is 20.0. The molecule has 0 saturated heterocycles. The molecule has 0 spiro atoms. The number of ether oxygens (including phenoxy) is 3. The van der Waals surface area contributed by atoms with Crippen molar-refractivity contribution in [3.05, 3.63) is 0 Å². The third-order valence-corrected chi connectivity index (χ3v) is 5.14. The molecule has 0 bridgehead atoms. The zero-order valence-corrected chi connectivity index (χ0v) is 19.1. The summed E-state index contributed by atoms with van der Waals surface area (Å²) in [7, 11) is 0. The summed E-state index contributed by atoms with van der Waals surface area (Å²) in [5.74, 6) is 6.98. The van der Waals surface area contributed by atoms with Crippen molar-refractivity contribution in [2.24, 2.45) is 28.6 Å². The lowest BCUT2D eigenvalue weighted by Gasteiger charge is -2.49. The van der Waals surface area contributed by atoms with Crippen LogP contribution in [0, 0.1) is 5.41 Å². The Morgan fingerprint density at radius 3 is 1.46 bits per heavy atom. The fourth-order valence-electron chi connectivity index (χ4n) is 3.95. The van der Waals surface area contributed by atoms with Crippen LogP contribution in [0.3, 0.4) is 0 Å². The summed E-state index contributed by atoms with van der Waals surface area (Å²) in [6.07, 6.45) is 11.2. The summed E-state index contributed by atoms with van der Waals surface area (Å²) in [6.45, 7) is 11.1. The van der Waals surface area contributed by atoms with Gasteiger partial charge < -0.3 is 25.7 Å². The molecule has 0 amide bonds. The maximum absolute atomic E-state index is 6.18. The molecule has 0 saturated carbocycles. The quantitative estimate of drug-likeness (QED) is 0.112. The van der Waals surface area contributed by atoms with Gasteiger partial charge in [-0.1, -0.05) is 45.4 Å². The lowest BCUT2D eigenvalue weighted by Crippen LogP contribution is -2.56. The van der Waals surface area contributed by atoms with Gasteiger partial charge in [-0.15, -0.1) is 0 Å². The second-order valence-electron chi connectivity index (χ2n) is 7.08. The van der Waals surface area contributed by atoms with Crippen molar-refractivity contribution in [2.45, 2.75) is 97.9 Å². The van der Waals surface area contributed by atoms with Crippen LogP contribution in [0.15, 0.2) is 0 Å². The van der Waals surface area contributed by atoms with E-state index in [1.54, 1.807) is 0 Å². The van der Waals surface area contributed by atoms with Crippen molar-refractivity contribution in [3.63, 3.8) is 0 Å². The fraction of sp³-hybridized carbons (Fsp3) is 1.00. The van der Waals surface area contributed by atoms with Gasteiger partial charge in [0.1, 0.15) is 0 Å². The largest absolute Gasteiger partial charge is 0.330 e. The second-order valence-corrected chi connectivity index (χ2v) is 7.08. The minimum absolute atomic E-state index is 0.256. The van der Waals surface area contributed by atoms with E-state index in [1.165, 1.54) is 32.1 Å². The highest BCUT2D eigenvalue weighted by molar-refractivity contribution is 4.90. The van der Waals surface area contributed by atoms with Crippen LogP contribution in [0.5, 0.6) is 0 Å². The number of rotatable bonds is 19. The number of hydrazine groups is 1.